The Morgan fingerprint density at radius 1 is 1.30 bits per heavy atom. The molecule has 1 saturated heterocycles. The molecule has 1 aliphatic heterocycles. The van der Waals surface area contributed by atoms with Gasteiger partial charge in [-0.25, -0.2) is 4.79 Å². The van der Waals surface area contributed by atoms with E-state index in [2.05, 4.69) is 4.90 Å². The topological polar surface area (TPSA) is 78.2 Å². The van der Waals surface area contributed by atoms with Gasteiger partial charge in [0.05, 0.1) is 12.2 Å². The highest BCUT2D eigenvalue weighted by molar-refractivity contribution is 6.06. The summed E-state index contributed by atoms with van der Waals surface area (Å²) in [5, 5.41) is 0.616. The molecule has 7 nitrogen and oxygen atoms in total. The fourth-order valence-corrected chi connectivity index (χ4v) is 3.68. The maximum Gasteiger partial charge on any atom is 0.375 e. The fraction of sp³-hybridized carbons (Fsp3) is 0.500. The molecule has 2 heterocycles. The van der Waals surface area contributed by atoms with Crippen molar-refractivity contribution in [1.82, 2.24) is 0 Å². The monoisotopic (exact) mass is 375 g/mol. The van der Waals surface area contributed by atoms with Crippen LogP contribution in [0.4, 0.5) is 5.69 Å². The van der Waals surface area contributed by atoms with Gasteiger partial charge in [-0.3, -0.25) is 4.79 Å². The molecule has 1 aromatic heterocycles. The second kappa shape index (κ2) is 8.54. The van der Waals surface area contributed by atoms with E-state index in [4.69, 9.17) is 18.6 Å². The van der Waals surface area contributed by atoms with E-state index in [-0.39, 0.29) is 24.2 Å². The predicted octanol–water partition coefficient (Wildman–Crippen LogP) is 3.26. The highest BCUT2D eigenvalue weighted by Crippen LogP contribution is 2.32. The summed E-state index contributed by atoms with van der Waals surface area (Å²) in [4.78, 5) is 25.7. The number of esters is 1. The zero-order valence-corrected chi connectivity index (χ0v) is 15.9. The molecule has 3 rings (SSSR count). The zero-order chi connectivity index (χ0) is 19.4. The molecule has 7 heteroatoms. The predicted molar refractivity (Wildman–Crippen MR) is 100 cm³/mol. The van der Waals surface area contributed by atoms with E-state index in [1.807, 2.05) is 18.2 Å². The van der Waals surface area contributed by atoms with Gasteiger partial charge in [0.1, 0.15) is 5.58 Å². The van der Waals surface area contributed by atoms with Crippen molar-refractivity contribution in [2.24, 2.45) is 5.92 Å². The number of piperidine rings is 1. The van der Waals surface area contributed by atoms with Crippen LogP contribution in [0.3, 0.4) is 0 Å². The van der Waals surface area contributed by atoms with Crippen LogP contribution < -0.4 is 4.90 Å². The number of benzene rings is 1. The molecule has 146 valence electrons. The maximum atomic E-state index is 12.0. The molecule has 0 spiro atoms. The van der Waals surface area contributed by atoms with Gasteiger partial charge >= 0.3 is 5.97 Å². The number of anilines is 1. The Morgan fingerprint density at radius 3 is 2.59 bits per heavy atom. The molecule has 27 heavy (non-hydrogen) atoms. The molecular weight excluding hydrogens is 350 g/mol. The number of fused-ring (bicyclic) bond motifs is 1. The van der Waals surface area contributed by atoms with Gasteiger partial charge in [0.2, 0.25) is 5.76 Å². The van der Waals surface area contributed by atoms with Crippen LogP contribution in [0.5, 0.6) is 0 Å². The van der Waals surface area contributed by atoms with Crippen LogP contribution >= 0.6 is 0 Å². The lowest BCUT2D eigenvalue weighted by Gasteiger charge is -2.36. The van der Waals surface area contributed by atoms with Crippen molar-refractivity contribution in [2.45, 2.75) is 26.1 Å². The van der Waals surface area contributed by atoms with Crippen LogP contribution in [-0.4, -0.2) is 52.5 Å². The number of carbonyl (C=O) groups is 2. The van der Waals surface area contributed by atoms with Gasteiger partial charge in [-0.15, -0.1) is 0 Å². The smallest absolute Gasteiger partial charge is 0.375 e. The molecule has 0 N–H and O–H groups in total. The summed E-state index contributed by atoms with van der Waals surface area (Å²) in [6.45, 7) is 3.66. The number of hydrogen-bond donors (Lipinski definition) is 0. The van der Waals surface area contributed by atoms with Crippen LogP contribution in [0.25, 0.3) is 11.0 Å². The number of ether oxygens (including phenoxy) is 3. The summed E-state index contributed by atoms with van der Waals surface area (Å²) in [7, 11) is 3.33. The van der Waals surface area contributed by atoms with Crippen LogP contribution in [0, 0.1) is 5.92 Å². The van der Waals surface area contributed by atoms with Crippen molar-refractivity contribution >= 4 is 28.9 Å². The summed E-state index contributed by atoms with van der Waals surface area (Å²) in [5.41, 5.74) is 1.73. The lowest BCUT2D eigenvalue weighted by Crippen LogP contribution is -2.39. The Hall–Kier alpha value is -2.38. The van der Waals surface area contributed by atoms with Crippen LogP contribution in [-0.2, 0) is 14.2 Å². The van der Waals surface area contributed by atoms with Gasteiger partial charge in [0.25, 0.3) is 0 Å². The standard InChI is InChI=1S/C20H25NO6/c1-4-26-19(23)18-16(12-22)15-6-5-14(11-17(15)27-18)21-9-7-13(8-10-21)20(24-2)25-3/h5-6,11-13,20H,4,7-10H2,1-3H3. The molecule has 0 radical (unpaired) electrons. The lowest BCUT2D eigenvalue weighted by atomic mass is 9.95. The third-order valence-corrected chi connectivity index (χ3v) is 5.04. The maximum absolute atomic E-state index is 12.0. The van der Waals surface area contributed by atoms with Crippen LogP contribution in [0.15, 0.2) is 22.6 Å². The molecule has 0 bridgehead atoms. The first-order valence-electron chi connectivity index (χ1n) is 9.12. The highest BCUT2D eigenvalue weighted by atomic mass is 16.7. The Kier molecular flexibility index (Phi) is 6.13. The van der Waals surface area contributed by atoms with Gasteiger partial charge in [-0.1, -0.05) is 0 Å². The van der Waals surface area contributed by atoms with Crippen LogP contribution in [0.1, 0.15) is 40.7 Å². The summed E-state index contributed by atoms with van der Waals surface area (Å²) < 4.78 is 21.4. The minimum Gasteiger partial charge on any atom is -0.460 e. The molecule has 1 aromatic carbocycles. The SMILES string of the molecule is CCOC(=O)c1oc2cc(N3CCC(C(OC)OC)CC3)ccc2c1C=O. The van der Waals surface area contributed by atoms with Crippen molar-refractivity contribution in [1.29, 1.82) is 0 Å². The highest BCUT2D eigenvalue weighted by Gasteiger charge is 2.27. The van der Waals surface area contributed by atoms with Crippen LogP contribution in [0.2, 0.25) is 0 Å². The average Bonchev–Trinajstić information content (AvgIpc) is 3.07. The quantitative estimate of drug-likeness (QED) is 0.417. The van der Waals surface area contributed by atoms with E-state index in [1.165, 1.54) is 0 Å². The van der Waals surface area contributed by atoms with Crippen molar-refractivity contribution in [3.63, 3.8) is 0 Å². The third-order valence-electron chi connectivity index (χ3n) is 5.04. The first-order valence-corrected chi connectivity index (χ1v) is 9.12. The van der Waals surface area contributed by atoms with Crippen molar-refractivity contribution in [3.8, 4) is 0 Å². The number of aldehydes is 1. The van der Waals surface area contributed by atoms with E-state index in [0.29, 0.717) is 23.2 Å². The van der Waals surface area contributed by atoms with Crippen molar-refractivity contribution in [2.75, 3.05) is 38.8 Å². The molecule has 0 amide bonds. The minimum absolute atomic E-state index is 0.0410. The van der Waals surface area contributed by atoms with E-state index in [9.17, 15) is 9.59 Å². The van der Waals surface area contributed by atoms with Gasteiger partial charge in [-0.2, -0.15) is 0 Å². The fourth-order valence-electron chi connectivity index (χ4n) is 3.68. The second-order valence-corrected chi connectivity index (χ2v) is 6.53. The van der Waals surface area contributed by atoms with Gasteiger partial charge in [-0.05, 0) is 31.9 Å². The van der Waals surface area contributed by atoms with Gasteiger partial charge in [0, 0.05) is 50.4 Å². The summed E-state index contributed by atoms with van der Waals surface area (Å²) in [6.07, 6.45) is 2.37. The molecule has 0 atom stereocenters. The van der Waals surface area contributed by atoms with Crippen molar-refractivity contribution in [3.05, 3.63) is 29.5 Å². The van der Waals surface area contributed by atoms with E-state index >= 15 is 0 Å². The molecule has 0 unspecified atom stereocenters. The summed E-state index contributed by atoms with van der Waals surface area (Å²) in [6, 6.07) is 5.64. The van der Waals surface area contributed by atoms with E-state index < -0.39 is 5.97 Å². The first kappa shape index (κ1) is 19.4. The number of furan rings is 1. The summed E-state index contributed by atoms with van der Waals surface area (Å²) >= 11 is 0. The first-order chi connectivity index (χ1) is 13.1. The second-order valence-electron chi connectivity index (χ2n) is 6.53. The number of nitrogens with zero attached hydrogens (tertiary/aromatic N) is 1. The van der Waals surface area contributed by atoms with E-state index in [1.54, 1.807) is 21.1 Å². The molecule has 2 aromatic rings. The Bertz CT molecular complexity index is 802. The Balaban J connectivity index is 1.81. The largest absolute Gasteiger partial charge is 0.460 e. The number of hydrogen-bond acceptors (Lipinski definition) is 7. The average molecular weight is 375 g/mol. The Labute approximate surface area is 158 Å². The molecular formula is C20H25NO6. The normalized spacial score (nSPS) is 15.5. The number of rotatable bonds is 7. The Morgan fingerprint density at radius 2 is 2.00 bits per heavy atom. The third kappa shape index (κ3) is 3.84. The summed E-state index contributed by atoms with van der Waals surface area (Å²) in [5.74, 6) is -0.301. The lowest BCUT2D eigenvalue weighted by molar-refractivity contribution is -0.141. The molecule has 1 fully saturated rings. The molecule has 0 aliphatic carbocycles. The van der Waals surface area contributed by atoms with Gasteiger partial charge in [0.15, 0.2) is 12.6 Å². The minimum atomic E-state index is -0.622. The molecule has 0 saturated carbocycles. The zero-order valence-electron chi connectivity index (χ0n) is 15.9. The van der Waals surface area contributed by atoms with Gasteiger partial charge < -0.3 is 23.5 Å². The van der Waals surface area contributed by atoms with E-state index in [0.717, 1.165) is 31.6 Å². The van der Waals surface area contributed by atoms with Crippen molar-refractivity contribution < 1.29 is 28.2 Å². The number of carbonyl (C=O) groups excluding carboxylic acids is 2. The molecule has 1 aliphatic rings. The number of methoxy groups -OCH3 is 2.